The van der Waals surface area contributed by atoms with Gasteiger partial charge in [-0.05, 0) is 25.1 Å². The second-order valence-corrected chi connectivity index (χ2v) is 13.1. The van der Waals surface area contributed by atoms with Crippen molar-refractivity contribution in [2.24, 2.45) is 0 Å². The number of ether oxygens (including phenoxy) is 1. The predicted octanol–water partition coefficient (Wildman–Crippen LogP) is 1.67. The molecule has 0 spiro atoms. The van der Waals surface area contributed by atoms with Crippen molar-refractivity contribution in [3.05, 3.63) is 32.6 Å². The molecule has 1 fully saturated rings. The zero-order chi connectivity index (χ0) is 19.7. The first-order valence-electron chi connectivity index (χ1n) is 8.87. The normalized spacial score (nSPS) is 24.2. The van der Waals surface area contributed by atoms with Crippen molar-refractivity contribution >= 4 is 8.32 Å². The van der Waals surface area contributed by atoms with Gasteiger partial charge in [-0.3, -0.25) is 14.3 Å². The largest absolute Gasteiger partial charge is 0.411 e. The molecule has 1 saturated heterocycles. The van der Waals surface area contributed by atoms with E-state index in [1.165, 1.54) is 4.57 Å². The molecule has 0 aliphatic carbocycles. The van der Waals surface area contributed by atoms with E-state index in [0.29, 0.717) is 18.5 Å². The zero-order valence-corrected chi connectivity index (χ0v) is 17.7. The first kappa shape index (κ1) is 21.0. The van der Waals surface area contributed by atoms with Crippen LogP contribution in [-0.4, -0.2) is 43.7 Å². The van der Waals surface area contributed by atoms with Crippen LogP contribution in [-0.2, 0) is 14.0 Å². The molecule has 0 amide bonds. The van der Waals surface area contributed by atoms with Gasteiger partial charge in [0.25, 0.3) is 5.56 Å². The Morgan fingerprint density at radius 1 is 1.38 bits per heavy atom. The van der Waals surface area contributed by atoms with Crippen LogP contribution in [0.4, 0.5) is 0 Å². The number of hydrogen-bond donors (Lipinski definition) is 2. The number of aromatic nitrogens is 2. The second-order valence-electron chi connectivity index (χ2n) is 8.31. The zero-order valence-electron chi connectivity index (χ0n) is 16.7. The first-order chi connectivity index (χ1) is 12.0. The van der Waals surface area contributed by atoms with Crippen molar-refractivity contribution in [2.45, 2.75) is 70.7 Å². The minimum atomic E-state index is -2.01. The molecule has 0 bridgehead atoms. The van der Waals surface area contributed by atoms with Crippen LogP contribution in [0.1, 0.15) is 39.0 Å². The summed E-state index contributed by atoms with van der Waals surface area (Å²) in [7, 11) is -0.461. The highest BCUT2D eigenvalue weighted by atomic mass is 28.4. The van der Waals surface area contributed by atoms with Crippen LogP contribution in [0, 0.1) is 6.92 Å². The average molecular weight is 386 g/mol. The van der Waals surface area contributed by atoms with Gasteiger partial charge in [0.15, 0.2) is 8.32 Å². The van der Waals surface area contributed by atoms with Gasteiger partial charge in [-0.2, -0.15) is 0 Å². The summed E-state index contributed by atoms with van der Waals surface area (Å²) in [6, 6.07) is 0. The van der Waals surface area contributed by atoms with E-state index in [2.05, 4.69) is 44.3 Å². The summed E-state index contributed by atoms with van der Waals surface area (Å²) in [5.74, 6) is 0. The highest BCUT2D eigenvalue weighted by Crippen LogP contribution is 2.40. The number of nitrogens with zero attached hydrogens (tertiary/aromatic N) is 1. The number of nitrogens with one attached hydrogen (secondary N) is 2. The van der Waals surface area contributed by atoms with E-state index < -0.39 is 20.2 Å². The molecule has 1 aromatic rings. The fourth-order valence-corrected chi connectivity index (χ4v) is 4.06. The summed E-state index contributed by atoms with van der Waals surface area (Å²) < 4.78 is 14.1. The minimum Gasteiger partial charge on any atom is -0.411 e. The van der Waals surface area contributed by atoms with Gasteiger partial charge in [0.05, 0.1) is 19.3 Å². The van der Waals surface area contributed by atoms with E-state index in [0.717, 1.165) is 0 Å². The van der Waals surface area contributed by atoms with Gasteiger partial charge in [0.1, 0.15) is 6.23 Å². The Labute approximate surface area is 154 Å². The van der Waals surface area contributed by atoms with Crippen molar-refractivity contribution in [1.29, 1.82) is 0 Å². The maximum absolute atomic E-state index is 12.2. The summed E-state index contributed by atoms with van der Waals surface area (Å²) in [5, 5.41) is 0.0652. The number of hydrogen-bond acceptors (Lipinski definition) is 6. The highest BCUT2D eigenvalue weighted by molar-refractivity contribution is 6.74. The highest BCUT2D eigenvalue weighted by Gasteiger charge is 2.45. The third kappa shape index (κ3) is 4.52. The lowest BCUT2D eigenvalue weighted by molar-refractivity contribution is -0.0403. The van der Waals surface area contributed by atoms with Gasteiger partial charge < -0.3 is 14.0 Å². The van der Waals surface area contributed by atoms with Crippen LogP contribution in [0.3, 0.4) is 0 Å². The van der Waals surface area contributed by atoms with E-state index in [1.807, 2.05) is 0 Å². The number of H-pyrrole nitrogens is 1. The number of hydroxylamine groups is 1. The number of aromatic amines is 1. The molecular weight excluding hydrogens is 354 g/mol. The summed E-state index contributed by atoms with van der Waals surface area (Å²) in [4.78, 5) is 31.1. The Bertz CT molecular complexity index is 737. The van der Waals surface area contributed by atoms with E-state index in [9.17, 15) is 9.59 Å². The molecule has 148 valence electrons. The van der Waals surface area contributed by atoms with Crippen molar-refractivity contribution in [1.82, 2.24) is 15.0 Å². The molecular formula is C17H31N3O5Si. The fraction of sp³-hybridized carbons (Fsp3) is 0.765. The van der Waals surface area contributed by atoms with Crippen molar-refractivity contribution in [2.75, 3.05) is 13.7 Å². The van der Waals surface area contributed by atoms with Gasteiger partial charge in [-0.25, -0.2) is 10.3 Å². The fourth-order valence-electron chi connectivity index (χ4n) is 2.70. The molecule has 0 aromatic carbocycles. The second kappa shape index (κ2) is 7.77. The third-order valence-electron chi connectivity index (χ3n) is 5.32. The smallest absolute Gasteiger partial charge is 0.330 e. The molecule has 2 rings (SSSR count). The minimum absolute atomic E-state index is 0.0652. The summed E-state index contributed by atoms with van der Waals surface area (Å²) in [5.41, 5.74) is 2.43. The molecule has 1 aliphatic rings. The Kier molecular flexibility index (Phi) is 6.29. The van der Waals surface area contributed by atoms with E-state index >= 15 is 0 Å². The van der Waals surface area contributed by atoms with Gasteiger partial charge in [0.2, 0.25) is 0 Å². The molecule has 1 aliphatic heterocycles. The Morgan fingerprint density at radius 3 is 2.62 bits per heavy atom. The standard InChI is InChI=1S/C17H31N3O5Si/c1-11-10-20(16(22)19-15(11)21)14-8-12(13(24-14)9-18-23-5)25-26(6,7)17(2,3)4/h10,12-14,18H,8-9H2,1-7H3,(H,19,21,22)/t12-,13+,14+/m0/s1. The molecule has 26 heavy (non-hydrogen) atoms. The first-order valence-corrected chi connectivity index (χ1v) is 11.8. The number of rotatable bonds is 6. The van der Waals surface area contributed by atoms with Gasteiger partial charge >= 0.3 is 5.69 Å². The van der Waals surface area contributed by atoms with E-state index in [1.54, 1.807) is 20.2 Å². The lowest BCUT2D eigenvalue weighted by Crippen LogP contribution is -2.47. The topological polar surface area (TPSA) is 94.6 Å². The van der Waals surface area contributed by atoms with Crippen LogP contribution in [0.2, 0.25) is 18.1 Å². The lowest BCUT2D eigenvalue weighted by atomic mass is 10.2. The van der Waals surface area contributed by atoms with Crippen molar-refractivity contribution in [3.8, 4) is 0 Å². The Balaban J connectivity index is 2.27. The summed E-state index contributed by atoms with van der Waals surface area (Å²) in [6.45, 7) is 13.1. The molecule has 9 heteroatoms. The van der Waals surface area contributed by atoms with Crippen LogP contribution >= 0.6 is 0 Å². The molecule has 2 heterocycles. The maximum Gasteiger partial charge on any atom is 0.330 e. The lowest BCUT2D eigenvalue weighted by Gasteiger charge is -2.39. The SMILES string of the molecule is CONC[C@H]1O[C@@H](n2cc(C)c(=O)[nH]c2=O)C[C@@H]1O[Si](C)(C)C(C)(C)C. The van der Waals surface area contributed by atoms with E-state index in [4.69, 9.17) is 14.0 Å². The molecule has 3 atom stereocenters. The van der Waals surface area contributed by atoms with Crippen LogP contribution in [0.25, 0.3) is 0 Å². The predicted molar refractivity (Wildman–Crippen MR) is 102 cm³/mol. The van der Waals surface area contributed by atoms with Crippen LogP contribution in [0.5, 0.6) is 0 Å². The quantitative estimate of drug-likeness (QED) is 0.571. The summed E-state index contributed by atoms with van der Waals surface area (Å²) in [6.07, 6.45) is 1.17. The summed E-state index contributed by atoms with van der Waals surface area (Å²) >= 11 is 0. The molecule has 0 saturated carbocycles. The average Bonchev–Trinajstić information content (AvgIpc) is 2.89. The van der Waals surface area contributed by atoms with Crippen LogP contribution in [0.15, 0.2) is 15.8 Å². The molecule has 2 N–H and O–H groups in total. The Hall–Kier alpha value is -1.26. The molecule has 0 radical (unpaired) electrons. The molecule has 0 unspecified atom stereocenters. The monoisotopic (exact) mass is 385 g/mol. The van der Waals surface area contributed by atoms with Gasteiger partial charge in [-0.15, -0.1) is 0 Å². The van der Waals surface area contributed by atoms with Gasteiger partial charge in [0, 0.05) is 24.7 Å². The van der Waals surface area contributed by atoms with E-state index in [-0.39, 0.29) is 22.8 Å². The molecule has 8 nitrogen and oxygen atoms in total. The van der Waals surface area contributed by atoms with Gasteiger partial charge in [-0.1, -0.05) is 20.8 Å². The molecule has 1 aromatic heterocycles. The maximum atomic E-state index is 12.2. The Morgan fingerprint density at radius 2 is 2.04 bits per heavy atom. The van der Waals surface area contributed by atoms with Crippen molar-refractivity contribution < 1.29 is 14.0 Å². The van der Waals surface area contributed by atoms with Crippen molar-refractivity contribution in [3.63, 3.8) is 0 Å². The number of aryl methyl sites for hydroxylation is 1. The third-order valence-corrected chi connectivity index (χ3v) is 9.82. The van der Waals surface area contributed by atoms with Crippen LogP contribution < -0.4 is 16.7 Å².